The maximum absolute atomic E-state index is 13.2. The number of hydrogen-bond donors (Lipinski definition) is 0. The van der Waals surface area contributed by atoms with E-state index in [2.05, 4.69) is 45.6 Å². The fourth-order valence-electron chi connectivity index (χ4n) is 7.19. The van der Waals surface area contributed by atoms with Gasteiger partial charge in [-0.1, -0.05) is 0 Å². The lowest BCUT2D eigenvalue weighted by atomic mass is 10.1. The molecule has 10 rings (SSSR count). The summed E-state index contributed by atoms with van der Waals surface area (Å²) in [4.78, 5) is 25.3. The summed E-state index contributed by atoms with van der Waals surface area (Å²) in [5, 5.41) is 6.21. The molecule has 6 fully saturated rings. The second kappa shape index (κ2) is 7.82. The monoisotopic (exact) mass is 523 g/mol. The second-order valence-electron chi connectivity index (χ2n) is 12.2. The van der Waals surface area contributed by atoms with Crippen LogP contribution in [-0.4, -0.2) is 86.0 Å². The summed E-state index contributed by atoms with van der Waals surface area (Å²) in [5.74, 6) is 1.87. The molecule has 0 spiro atoms. The third kappa shape index (κ3) is 3.29. The standard InChI is InChI=1S/C30H33N7O2/c1-17-22-7-5-20(30(38)35-16-24-27-29(35)37(24)27)15-36(22)32-26(17)23-13-19-6-8-25(33-11-9-21(39-2)10-12-33)31-28(19)34(23)14-18-3-4-18/h5-8,13,15,18,21,24,27,29H,3-4,9-12,14,16H2,1-2H3/t24?,27-,29?,37?/m1/s1. The van der Waals surface area contributed by atoms with E-state index < -0.39 is 0 Å². The van der Waals surface area contributed by atoms with Crippen LogP contribution in [0.15, 0.2) is 36.5 Å². The highest BCUT2D eigenvalue weighted by atomic mass is 16.5. The summed E-state index contributed by atoms with van der Waals surface area (Å²) >= 11 is 0. The van der Waals surface area contributed by atoms with Crippen LogP contribution in [0.4, 0.5) is 5.82 Å². The molecule has 1 saturated carbocycles. The maximum Gasteiger partial charge on any atom is 0.256 e. The molecule has 9 heteroatoms. The molecule has 2 bridgehead atoms. The lowest BCUT2D eigenvalue weighted by Gasteiger charge is -2.32. The molecule has 0 radical (unpaired) electrons. The van der Waals surface area contributed by atoms with Crippen LogP contribution in [0.2, 0.25) is 0 Å². The van der Waals surface area contributed by atoms with Crippen molar-refractivity contribution in [3.05, 3.63) is 47.7 Å². The van der Waals surface area contributed by atoms with Gasteiger partial charge in [-0.3, -0.25) is 9.69 Å². The first-order chi connectivity index (χ1) is 19.1. The van der Waals surface area contributed by atoms with E-state index in [1.54, 1.807) is 0 Å². The van der Waals surface area contributed by atoms with Crippen molar-refractivity contribution in [1.29, 1.82) is 0 Å². The SMILES string of the molecule is COC1CCN(c2ccc3cc(-c4nn5cc(C(=O)N6CC7[C@@H]8C6N78)ccc5c4C)n(CC4CC4)c3n2)CC1. The summed E-state index contributed by atoms with van der Waals surface area (Å²) < 4.78 is 9.88. The zero-order valence-corrected chi connectivity index (χ0v) is 22.5. The number of methoxy groups -OCH3 is 1. The van der Waals surface area contributed by atoms with Crippen LogP contribution < -0.4 is 4.90 Å². The number of amides is 1. The Morgan fingerprint density at radius 3 is 2.64 bits per heavy atom. The minimum absolute atomic E-state index is 0.123. The molecule has 4 aromatic heterocycles. The summed E-state index contributed by atoms with van der Waals surface area (Å²) in [5.41, 5.74) is 6.02. The van der Waals surface area contributed by atoms with Gasteiger partial charge in [0.2, 0.25) is 0 Å². The third-order valence-electron chi connectivity index (χ3n) is 9.85. The fourth-order valence-corrected chi connectivity index (χ4v) is 7.19. The van der Waals surface area contributed by atoms with Crippen molar-refractivity contribution in [3.63, 3.8) is 0 Å². The molecule has 5 aliphatic heterocycles. The Morgan fingerprint density at radius 2 is 1.92 bits per heavy atom. The normalized spacial score (nSPS) is 27.5. The molecule has 4 aromatic rings. The maximum atomic E-state index is 13.2. The van der Waals surface area contributed by atoms with Crippen LogP contribution in [0.25, 0.3) is 27.9 Å². The number of nitrogens with zero attached hydrogens (tertiary/aromatic N) is 7. The molecule has 39 heavy (non-hydrogen) atoms. The van der Waals surface area contributed by atoms with Gasteiger partial charge in [-0.05, 0) is 68.9 Å². The summed E-state index contributed by atoms with van der Waals surface area (Å²) in [7, 11) is 1.81. The first-order valence-electron chi connectivity index (χ1n) is 14.4. The zero-order valence-electron chi connectivity index (χ0n) is 22.5. The van der Waals surface area contributed by atoms with E-state index in [0.29, 0.717) is 35.8 Å². The van der Waals surface area contributed by atoms with Gasteiger partial charge in [0.25, 0.3) is 5.91 Å². The lowest BCUT2D eigenvalue weighted by Crippen LogP contribution is -2.37. The van der Waals surface area contributed by atoms with Gasteiger partial charge in [-0.25, -0.2) is 9.50 Å². The van der Waals surface area contributed by atoms with E-state index in [1.807, 2.05) is 28.8 Å². The van der Waals surface area contributed by atoms with Crippen LogP contribution in [0.1, 0.15) is 41.6 Å². The zero-order chi connectivity index (χ0) is 26.0. The number of carbonyl (C=O) groups excluding carboxylic acids is 1. The quantitative estimate of drug-likeness (QED) is 0.360. The smallest absolute Gasteiger partial charge is 0.256 e. The van der Waals surface area contributed by atoms with Crippen LogP contribution in [0, 0.1) is 12.8 Å². The number of anilines is 1. The van der Waals surface area contributed by atoms with Crippen LogP contribution in [0.5, 0.6) is 0 Å². The molecule has 200 valence electrons. The van der Waals surface area contributed by atoms with Gasteiger partial charge in [0.15, 0.2) is 0 Å². The van der Waals surface area contributed by atoms with Gasteiger partial charge in [-0.15, -0.1) is 0 Å². The van der Waals surface area contributed by atoms with Crippen molar-refractivity contribution in [2.75, 3.05) is 31.6 Å². The molecule has 0 aromatic carbocycles. The highest BCUT2D eigenvalue weighted by Crippen LogP contribution is 2.59. The van der Waals surface area contributed by atoms with Crippen LogP contribution in [-0.2, 0) is 11.3 Å². The summed E-state index contributed by atoms with van der Waals surface area (Å²) in [6.07, 6.45) is 7.24. The molecule has 3 unspecified atom stereocenters. The average molecular weight is 524 g/mol. The Balaban J connectivity index is 1.09. The minimum Gasteiger partial charge on any atom is -0.381 e. The number of aryl methyl sites for hydroxylation is 1. The minimum atomic E-state index is 0.123. The molecule has 4 atom stereocenters. The number of hydrogen-bond acceptors (Lipinski definition) is 6. The number of piperidine rings is 1. The molecule has 9 nitrogen and oxygen atoms in total. The number of rotatable bonds is 6. The van der Waals surface area contributed by atoms with Gasteiger partial charge < -0.3 is 19.1 Å². The summed E-state index contributed by atoms with van der Waals surface area (Å²) in [6.45, 7) is 5.92. The second-order valence-corrected chi connectivity index (χ2v) is 12.2. The van der Waals surface area contributed by atoms with Gasteiger partial charge in [0.05, 0.1) is 28.9 Å². The highest BCUT2D eigenvalue weighted by molar-refractivity contribution is 5.96. The number of fused-ring (bicyclic) bond motifs is 3. The molecule has 0 N–H and O–H groups in total. The molecule has 6 aliphatic rings. The number of pyridine rings is 2. The Kier molecular flexibility index (Phi) is 4.49. The van der Waals surface area contributed by atoms with Gasteiger partial charge in [-0.2, -0.15) is 5.10 Å². The van der Waals surface area contributed by atoms with Crippen molar-refractivity contribution in [1.82, 2.24) is 29.0 Å². The van der Waals surface area contributed by atoms with E-state index in [0.717, 1.165) is 78.3 Å². The van der Waals surface area contributed by atoms with Gasteiger partial charge >= 0.3 is 0 Å². The summed E-state index contributed by atoms with van der Waals surface area (Å²) in [6, 6.07) is 11.9. The molecule has 1 amide bonds. The van der Waals surface area contributed by atoms with Crippen molar-refractivity contribution in [3.8, 4) is 11.4 Å². The van der Waals surface area contributed by atoms with Crippen molar-refractivity contribution in [2.24, 2.45) is 5.92 Å². The van der Waals surface area contributed by atoms with E-state index in [4.69, 9.17) is 14.8 Å². The van der Waals surface area contributed by atoms with E-state index in [9.17, 15) is 4.79 Å². The number of aromatic nitrogens is 4. The van der Waals surface area contributed by atoms with E-state index in [-0.39, 0.29) is 5.91 Å². The number of carbonyl (C=O) groups is 1. The van der Waals surface area contributed by atoms with Gasteiger partial charge in [0.1, 0.15) is 23.3 Å². The van der Waals surface area contributed by atoms with Crippen molar-refractivity contribution in [2.45, 2.75) is 63.5 Å². The topological polar surface area (TPSA) is 70.9 Å². The highest BCUT2D eigenvalue weighted by Gasteiger charge is 2.80. The predicted octanol–water partition coefficient (Wildman–Crippen LogP) is 3.53. The average Bonchev–Trinajstić information content (AvgIpc) is 3.91. The van der Waals surface area contributed by atoms with Crippen molar-refractivity contribution >= 4 is 28.3 Å². The lowest BCUT2D eigenvalue weighted by molar-refractivity contribution is 0.0775. The molecular formula is C30H33N7O2. The molecular weight excluding hydrogens is 490 g/mol. The van der Waals surface area contributed by atoms with Crippen LogP contribution >= 0.6 is 0 Å². The van der Waals surface area contributed by atoms with E-state index in [1.165, 1.54) is 12.8 Å². The van der Waals surface area contributed by atoms with Gasteiger partial charge in [0, 0.05) is 56.5 Å². The van der Waals surface area contributed by atoms with Crippen LogP contribution in [0.3, 0.4) is 0 Å². The first-order valence-corrected chi connectivity index (χ1v) is 14.4. The Bertz CT molecular complexity index is 1640. The van der Waals surface area contributed by atoms with E-state index >= 15 is 0 Å². The van der Waals surface area contributed by atoms with Crippen molar-refractivity contribution < 1.29 is 9.53 Å². The molecule has 9 heterocycles. The Labute approximate surface area is 226 Å². The predicted molar refractivity (Wildman–Crippen MR) is 148 cm³/mol. The fraction of sp³-hybridized carbons (Fsp3) is 0.500. The molecule has 1 aliphatic carbocycles. The number of ether oxygens (including phenoxy) is 1. The first kappa shape index (κ1) is 22.4. The molecule has 5 saturated heterocycles. The third-order valence-corrected chi connectivity index (χ3v) is 9.85. The Morgan fingerprint density at radius 1 is 1.10 bits per heavy atom. The largest absolute Gasteiger partial charge is 0.381 e. The Hall–Kier alpha value is -3.43. The number of piperazine rings is 1.